The van der Waals surface area contributed by atoms with E-state index in [2.05, 4.69) is 4.98 Å². The van der Waals surface area contributed by atoms with Crippen molar-refractivity contribution in [2.45, 2.75) is 18.5 Å². The predicted octanol–water partition coefficient (Wildman–Crippen LogP) is 4.19. The summed E-state index contributed by atoms with van der Waals surface area (Å²) in [5, 5.41) is 0.404. The zero-order valence-corrected chi connectivity index (χ0v) is 11.5. The van der Waals surface area contributed by atoms with Crippen molar-refractivity contribution in [3.05, 3.63) is 64.9 Å². The second-order valence-corrected chi connectivity index (χ2v) is 4.96. The molecule has 1 atom stereocenters. The second kappa shape index (κ2) is 6.26. The van der Waals surface area contributed by atoms with Gasteiger partial charge in [-0.3, -0.25) is 9.78 Å². The van der Waals surface area contributed by atoms with E-state index in [1.165, 1.54) is 36.7 Å². The summed E-state index contributed by atoms with van der Waals surface area (Å²) in [6.45, 7) is 0. The Bertz CT molecular complexity index is 611. The quantitative estimate of drug-likeness (QED) is 0.847. The smallest absolute Gasteiger partial charge is 0.289 e. The molecule has 2 nitrogen and oxygen atoms in total. The first kappa shape index (κ1) is 15.5. The summed E-state index contributed by atoms with van der Waals surface area (Å²) >= 11 is 5.73. The largest absolute Gasteiger partial charge is 0.450 e. The summed E-state index contributed by atoms with van der Waals surface area (Å²) in [6.07, 6.45) is -1.96. The molecule has 21 heavy (non-hydrogen) atoms. The maximum atomic E-state index is 12.8. The van der Waals surface area contributed by atoms with Crippen molar-refractivity contribution in [3.63, 3.8) is 0 Å². The minimum Gasteiger partial charge on any atom is -0.289 e. The third-order valence-corrected chi connectivity index (χ3v) is 3.31. The van der Waals surface area contributed by atoms with Crippen LogP contribution in [-0.4, -0.2) is 16.9 Å². The van der Waals surface area contributed by atoms with Gasteiger partial charge in [0.15, 0.2) is 0 Å². The van der Waals surface area contributed by atoms with Gasteiger partial charge in [0.05, 0.1) is 5.92 Å². The third kappa shape index (κ3) is 4.04. The Labute approximate surface area is 124 Å². The number of alkyl halides is 3. The molecule has 0 fully saturated rings. The molecule has 1 aromatic carbocycles. The Morgan fingerprint density at radius 3 is 2.19 bits per heavy atom. The fourth-order valence-electron chi connectivity index (χ4n) is 2.01. The Morgan fingerprint density at radius 1 is 1.10 bits per heavy atom. The van der Waals surface area contributed by atoms with Crippen LogP contribution in [0.1, 0.15) is 17.0 Å². The average Bonchev–Trinajstić information content (AvgIpc) is 2.45. The molecule has 1 heterocycles. The van der Waals surface area contributed by atoms with E-state index in [-0.39, 0.29) is 6.42 Å². The van der Waals surface area contributed by atoms with E-state index in [4.69, 9.17) is 11.6 Å². The van der Waals surface area contributed by atoms with Gasteiger partial charge < -0.3 is 0 Å². The summed E-state index contributed by atoms with van der Waals surface area (Å²) < 4.78 is 38.3. The normalized spacial score (nSPS) is 13.0. The number of ketones is 1. The van der Waals surface area contributed by atoms with Gasteiger partial charge in [0.2, 0.25) is 5.78 Å². The van der Waals surface area contributed by atoms with Crippen LogP contribution in [-0.2, 0) is 11.2 Å². The van der Waals surface area contributed by atoms with Gasteiger partial charge in [-0.2, -0.15) is 13.2 Å². The van der Waals surface area contributed by atoms with E-state index in [1.807, 2.05) is 0 Å². The van der Waals surface area contributed by atoms with Crippen molar-refractivity contribution in [2.24, 2.45) is 0 Å². The van der Waals surface area contributed by atoms with Crippen LogP contribution in [0.3, 0.4) is 0 Å². The molecule has 0 aliphatic carbocycles. The number of hydrogen-bond donors (Lipinski definition) is 0. The Morgan fingerprint density at radius 2 is 1.67 bits per heavy atom. The number of aromatic nitrogens is 1. The molecule has 0 spiro atoms. The number of nitrogens with zero attached hydrogens (tertiary/aromatic N) is 1. The van der Waals surface area contributed by atoms with E-state index < -0.39 is 17.9 Å². The minimum atomic E-state index is -4.88. The molecule has 0 aliphatic heterocycles. The maximum absolute atomic E-state index is 12.8. The van der Waals surface area contributed by atoms with E-state index >= 15 is 0 Å². The third-order valence-electron chi connectivity index (χ3n) is 3.06. The Balaban J connectivity index is 2.35. The molecule has 0 amide bonds. The standard InChI is InChI=1S/C15H11ClF3NO/c16-12-3-1-11(2-4-12)13(14(21)15(17,18)19)9-10-5-7-20-8-6-10/h1-8,13H,9H2. The first-order valence-corrected chi connectivity index (χ1v) is 6.51. The molecule has 2 aromatic rings. The van der Waals surface area contributed by atoms with E-state index in [9.17, 15) is 18.0 Å². The van der Waals surface area contributed by atoms with Gasteiger partial charge in [0, 0.05) is 17.4 Å². The maximum Gasteiger partial charge on any atom is 0.450 e. The van der Waals surface area contributed by atoms with E-state index in [0.717, 1.165) is 0 Å². The highest BCUT2D eigenvalue weighted by molar-refractivity contribution is 6.30. The monoisotopic (exact) mass is 313 g/mol. The van der Waals surface area contributed by atoms with Crippen LogP contribution in [0.15, 0.2) is 48.8 Å². The van der Waals surface area contributed by atoms with Crippen molar-refractivity contribution >= 4 is 17.4 Å². The number of halogens is 4. The number of benzene rings is 1. The van der Waals surface area contributed by atoms with Crippen LogP contribution in [0.5, 0.6) is 0 Å². The highest BCUT2D eigenvalue weighted by atomic mass is 35.5. The molecule has 0 aliphatic rings. The van der Waals surface area contributed by atoms with Crippen molar-refractivity contribution in [1.29, 1.82) is 0 Å². The SMILES string of the molecule is O=C(C(Cc1ccncc1)c1ccc(Cl)cc1)C(F)(F)F. The van der Waals surface area contributed by atoms with Gasteiger partial charge in [0.1, 0.15) is 0 Å². The predicted molar refractivity (Wildman–Crippen MR) is 73.2 cm³/mol. The van der Waals surface area contributed by atoms with Crippen LogP contribution in [0.4, 0.5) is 13.2 Å². The van der Waals surface area contributed by atoms with Crippen molar-refractivity contribution < 1.29 is 18.0 Å². The number of rotatable bonds is 4. The lowest BCUT2D eigenvalue weighted by atomic mass is 9.88. The number of carbonyl (C=O) groups is 1. The van der Waals surface area contributed by atoms with Crippen molar-refractivity contribution in [2.75, 3.05) is 0 Å². The Kier molecular flexibility index (Phi) is 4.63. The van der Waals surface area contributed by atoms with Gasteiger partial charge in [-0.1, -0.05) is 23.7 Å². The van der Waals surface area contributed by atoms with Crippen LogP contribution >= 0.6 is 11.6 Å². The molecule has 0 bridgehead atoms. The fourth-order valence-corrected chi connectivity index (χ4v) is 2.14. The summed E-state index contributed by atoms with van der Waals surface area (Å²) in [4.78, 5) is 15.5. The van der Waals surface area contributed by atoms with Crippen LogP contribution in [0.25, 0.3) is 0 Å². The summed E-state index contributed by atoms with van der Waals surface area (Å²) in [6, 6.07) is 9.01. The lowest BCUT2D eigenvalue weighted by Gasteiger charge is -2.18. The highest BCUT2D eigenvalue weighted by Gasteiger charge is 2.43. The van der Waals surface area contributed by atoms with Crippen LogP contribution in [0, 0.1) is 0 Å². The van der Waals surface area contributed by atoms with Crippen molar-refractivity contribution in [3.8, 4) is 0 Å². The molecule has 1 aromatic heterocycles. The highest BCUT2D eigenvalue weighted by Crippen LogP contribution is 2.31. The molecule has 0 N–H and O–H groups in total. The lowest BCUT2D eigenvalue weighted by molar-refractivity contribution is -0.172. The average molecular weight is 314 g/mol. The zero-order valence-electron chi connectivity index (χ0n) is 10.8. The summed E-state index contributed by atoms with van der Waals surface area (Å²) in [5.74, 6) is -3.05. The lowest BCUT2D eigenvalue weighted by Crippen LogP contribution is -2.30. The van der Waals surface area contributed by atoms with Gasteiger partial charge in [-0.05, 0) is 41.8 Å². The van der Waals surface area contributed by atoms with Gasteiger partial charge in [-0.25, -0.2) is 0 Å². The van der Waals surface area contributed by atoms with Crippen LogP contribution in [0.2, 0.25) is 5.02 Å². The molecule has 0 saturated heterocycles. The van der Waals surface area contributed by atoms with Gasteiger partial charge in [-0.15, -0.1) is 0 Å². The molecule has 110 valence electrons. The molecule has 2 rings (SSSR count). The number of Topliss-reactive ketones (excluding diaryl/α,β-unsaturated/α-hetero) is 1. The van der Waals surface area contributed by atoms with Gasteiger partial charge >= 0.3 is 6.18 Å². The summed E-state index contributed by atoms with van der Waals surface area (Å²) in [5.41, 5.74) is 0.904. The molecular weight excluding hydrogens is 303 g/mol. The molecular formula is C15H11ClF3NO. The first-order valence-electron chi connectivity index (χ1n) is 6.13. The minimum absolute atomic E-state index is 0.0392. The topological polar surface area (TPSA) is 30.0 Å². The molecule has 6 heteroatoms. The zero-order chi connectivity index (χ0) is 15.5. The first-order chi connectivity index (χ1) is 9.88. The Hall–Kier alpha value is -1.88. The number of hydrogen-bond acceptors (Lipinski definition) is 2. The number of carbonyl (C=O) groups excluding carboxylic acids is 1. The second-order valence-electron chi connectivity index (χ2n) is 4.53. The van der Waals surface area contributed by atoms with Crippen molar-refractivity contribution in [1.82, 2.24) is 4.98 Å². The number of pyridine rings is 1. The van der Waals surface area contributed by atoms with E-state index in [1.54, 1.807) is 12.1 Å². The molecule has 0 saturated carbocycles. The van der Waals surface area contributed by atoms with Gasteiger partial charge in [0.25, 0.3) is 0 Å². The van der Waals surface area contributed by atoms with E-state index in [0.29, 0.717) is 16.1 Å². The fraction of sp³-hybridized carbons (Fsp3) is 0.200. The summed E-state index contributed by atoms with van der Waals surface area (Å²) in [7, 11) is 0. The molecule has 0 radical (unpaired) electrons. The molecule has 1 unspecified atom stereocenters. The van der Waals surface area contributed by atoms with Crippen LogP contribution < -0.4 is 0 Å².